The third kappa shape index (κ3) is 6.42. The van der Waals surface area contributed by atoms with Crippen LogP contribution in [0.2, 0.25) is 0 Å². The van der Waals surface area contributed by atoms with Crippen LogP contribution in [0, 0.1) is 18.3 Å². The van der Waals surface area contributed by atoms with Crippen LogP contribution in [0.4, 0.5) is 0 Å². The van der Waals surface area contributed by atoms with Gasteiger partial charge >= 0.3 is 0 Å². The molecule has 0 radical (unpaired) electrons. The first-order chi connectivity index (χ1) is 9.13. The second kappa shape index (κ2) is 8.74. The lowest BCUT2D eigenvalue weighted by Gasteiger charge is -2.16. The van der Waals surface area contributed by atoms with E-state index < -0.39 is 0 Å². The molecule has 0 aliphatic heterocycles. The van der Waals surface area contributed by atoms with Gasteiger partial charge in [0.15, 0.2) is 0 Å². The fourth-order valence-electron chi connectivity index (χ4n) is 2.07. The first kappa shape index (κ1) is 15.8. The van der Waals surface area contributed by atoms with Gasteiger partial charge in [0, 0.05) is 6.54 Å². The van der Waals surface area contributed by atoms with Gasteiger partial charge in [0.25, 0.3) is 0 Å². The predicted molar refractivity (Wildman–Crippen MR) is 83.0 cm³/mol. The van der Waals surface area contributed by atoms with Crippen molar-refractivity contribution in [3.63, 3.8) is 0 Å². The molecule has 0 aliphatic rings. The Bertz CT molecular complexity index is 404. The lowest BCUT2D eigenvalue weighted by Crippen LogP contribution is -2.23. The maximum absolute atomic E-state index is 5.35. The fourth-order valence-corrected chi connectivity index (χ4v) is 2.07. The molecule has 2 heteroatoms. The van der Waals surface area contributed by atoms with Crippen molar-refractivity contribution in [1.29, 1.82) is 0 Å². The third-order valence-electron chi connectivity index (χ3n) is 3.04. The molecular formula is C17H26N2. The number of nitrogens with zero attached hydrogens (tertiary/aromatic N) is 1. The molecule has 0 amide bonds. The van der Waals surface area contributed by atoms with Crippen molar-refractivity contribution in [2.75, 3.05) is 26.7 Å². The molecule has 1 rings (SSSR count). The molecular weight excluding hydrogens is 232 g/mol. The summed E-state index contributed by atoms with van der Waals surface area (Å²) in [5.74, 6) is 3.39. The summed E-state index contributed by atoms with van der Waals surface area (Å²) < 4.78 is 0. The number of terminal acetylenes is 1. The highest BCUT2D eigenvalue weighted by molar-refractivity contribution is 5.27. The molecule has 0 unspecified atom stereocenters. The smallest absolute Gasteiger partial charge is 0.0599 e. The molecule has 104 valence electrons. The molecule has 1 aromatic carbocycles. The summed E-state index contributed by atoms with van der Waals surface area (Å²) in [5, 5.41) is 3.49. The highest BCUT2D eigenvalue weighted by Crippen LogP contribution is 2.11. The Labute approximate surface area is 118 Å². The van der Waals surface area contributed by atoms with E-state index in [1.54, 1.807) is 0 Å². The Kier molecular flexibility index (Phi) is 7.25. The number of rotatable bonds is 8. The van der Waals surface area contributed by atoms with Gasteiger partial charge in [0.2, 0.25) is 0 Å². The minimum absolute atomic E-state index is 0.694. The van der Waals surface area contributed by atoms with Gasteiger partial charge in [-0.1, -0.05) is 44.0 Å². The molecule has 0 aliphatic carbocycles. The van der Waals surface area contributed by atoms with Gasteiger partial charge in [0.1, 0.15) is 0 Å². The molecule has 0 atom stereocenters. The van der Waals surface area contributed by atoms with Crippen LogP contribution in [0.5, 0.6) is 0 Å². The van der Waals surface area contributed by atoms with Gasteiger partial charge in [-0.15, -0.1) is 6.42 Å². The lowest BCUT2D eigenvalue weighted by molar-refractivity contribution is 0.367. The third-order valence-corrected chi connectivity index (χ3v) is 3.04. The van der Waals surface area contributed by atoms with E-state index in [0.717, 1.165) is 26.1 Å². The molecule has 0 heterocycles. The SMILES string of the molecule is C#CCN(C)Cc1ccccc1CCNCC(C)C. The number of benzene rings is 1. The number of nitrogens with one attached hydrogen (secondary N) is 1. The summed E-state index contributed by atoms with van der Waals surface area (Å²) in [6, 6.07) is 8.63. The van der Waals surface area contributed by atoms with Crippen molar-refractivity contribution in [1.82, 2.24) is 10.2 Å². The zero-order chi connectivity index (χ0) is 14.1. The minimum atomic E-state index is 0.694. The van der Waals surface area contributed by atoms with E-state index in [2.05, 4.69) is 61.3 Å². The fraction of sp³-hybridized carbons (Fsp3) is 0.529. The Balaban J connectivity index is 2.51. The highest BCUT2D eigenvalue weighted by atomic mass is 15.1. The standard InChI is InChI=1S/C17H26N2/c1-5-12-19(4)14-17-9-7-6-8-16(17)10-11-18-13-15(2)3/h1,6-9,15,18H,10-14H2,2-4H3. The van der Waals surface area contributed by atoms with Crippen LogP contribution in [0.3, 0.4) is 0 Å². The molecule has 0 fully saturated rings. The van der Waals surface area contributed by atoms with Gasteiger partial charge in [-0.25, -0.2) is 0 Å². The van der Waals surface area contributed by atoms with Crippen molar-refractivity contribution in [2.45, 2.75) is 26.8 Å². The summed E-state index contributed by atoms with van der Waals surface area (Å²) in [7, 11) is 2.06. The van der Waals surface area contributed by atoms with Crippen LogP contribution in [-0.2, 0) is 13.0 Å². The van der Waals surface area contributed by atoms with Crippen molar-refractivity contribution >= 4 is 0 Å². The molecule has 0 aromatic heterocycles. The van der Waals surface area contributed by atoms with Crippen LogP contribution >= 0.6 is 0 Å². The molecule has 2 nitrogen and oxygen atoms in total. The second-order valence-corrected chi connectivity index (χ2v) is 5.49. The molecule has 0 saturated heterocycles. The second-order valence-electron chi connectivity index (χ2n) is 5.49. The molecule has 1 aromatic rings. The monoisotopic (exact) mass is 258 g/mol. The molecule has 0 spiro atoms. The van der Waals surface area contributed by atoms with Crippen LogP contribution in [-0.4, -0.2) is 31.6 Å². The number of hydrogen-bond acceptors (Lipinski definition) is 2. The topological polar surface area (TPSA) is 15.3 Å². The number of hydrogen-bond donors (Lipinski definition) is 1. The average Bonchev–Trinajstić information content (AvgIpc) is 2.36. The van der Waals surface area contributed by atoms with Crippen LogP contribution in [0.15, 0.2) is 24.3 Å². The Morgan fingerprint density at radius 2 is 1.95 bits per heavy atom. The van der Waals surface area contributed by atoms with E-state index in [1.807, 2.05) is 0 Å². The summed E-state index contributed by atoms with van der Waals surface area (Å²) in [5.41, 5.74) is 2.80. The van der Waals surface area contributed by atoms with Crippen molar-refractivity contribution in [3.05, 3.63) is 35.4 Å². The van der Waals surface area contributed by atoms with E-state index in [1.165, 1.54) is 11.1 Å². The Morgan fingerprint density at radius 1 is 1.26 bits per heavy atom. The molecule has 1 N–H and O–H groups in total. The summed E-state index contributed by atoms with van der Waals surface area (Å²) in [4.78, 5) is 2.17. The first-order valence-corrected chi connectivity index (χ1v) is 7.03. The average molecular weight is 258 g/mol. The van der Waals surface area contributed by atoms with Gasteiger partial charge < -0.3 is 5.32 Å². The molecule has 19 heavy (non-hydrogen) atoms. The molecule has 0 bridgehead atoms. The lowest BCUT2D eigenvalue weighted by atomic mass is 10.0. The zero-order valence-electron chi connectivity index (χ0n) is 12.4. The summed E-state index contributed by atoms with van der Waals surface area (Å²) in [6.45, 7) is 8.20. The van der Waals surface area contributed by atoms with E-state index in [-0.39, 0.29) is 0 Å². The predicted octanol–water partition coefficient (Wildman–Crippen LogP) is 2.54. The van der Waals surface area contributed by atoms with Crippen molar-refractivity contribution in [2.24, 2.45) is 5.92 Å². The highest BCUT2D eigenvalue weighted by Gasteiger charge is 2.04. The van der Waals surface area contributed by atoms with Crippen molar-refractivity contribution in [3.8, 4) is 12.3 Å². The Hall–Kier alpha value is -1.30. The normalized spacial score (nSPS) is 10.9. The maximum atomic E-state index is 5.35. The van der Waals surface area contributed by atoms with Gasteiger partial charge in [-0.3, -0.25) is 4.90 Å². The van der Waals surface area contributed by atoms with E-state index >= 15 is 0 Å². The summed E-state index contributed by atoms with van der Waals surface area (Å²) >= 11 is 0. The van der Waals surface area contributed by atoms with E-state index in [4.69, 9.17) is 6.42 Å². The van der Waals surface area contributed by atoms with Gasteiger partial charge in [-0.2, -0.15) is 0 Å². The Morgan fingerprint density at radius 3 is 2.58 bits per heavy atom. The maximum Gasteiger partial charge on any atom is 0.0599 e. The largest absolute Gasteiger partial charge is 0.316 e. The van der Waals surface area contributed by atoms with E-state index in [9.17, 15) is 0 Å². The quantitative estimate of drug-likeness (QED) is 0.569. The van der Waals surface area contributed by atoms with Gasteiger partial charge in [0.05, 0.1) is 6.54 Å². The van der Waals surface area contributed by atoms with Crippen molar-refractivity contribution < 1.29 is 0 Å². The van der Waals surface area contributed by atoms with Gasteiger partial charge in [-0.05, 0) is 43.6 Å². The molecule has 0 saturated carbocycles. The zero-order valence-corrected chi connectivity index (χ0v) is 12.4. The minimum Gasteiger partial charge on any atom is -0.316 e. The first-order valence-electron chi connectivity index (χ1n) is 7.03. The summed E-state index contributed by atoms with van der Waals surface area (Å²) in [6.07, 6.45) is 6.42. The van der Waals surface area contributed by atoms with E-state index in [0.29, 0.717) is 12.5 Å². The van der Waals surface area contributed by atoms with Crippen LogP contribution in [0.25, 0.3) is 0 Å². The van der Waals surface area contributed by atoms with Crippen LogP contribution in [0.1, 0.15) is 25.0 Å². The van der Waals surface area contributed by atoms with Crippen LogP contribution < -0.4 is 5.32 Å².